The molecule has 1 heterocycles. The Bertz CT molecular complexity index is 1140. The second-order valence-electron chi connectivity index (χ2n) is 6.93. The summed E-state index contributed by atoms with van der Waals surface area (Å²) in [6, 6.07) is 26.1. The fraction of sp³-hybridized carbons (Fsp3) is 0.120. The highest BCUT2D eigenvalue weighted by atomic mass is 32.2. The molecule has 0 aliphatic carbocycles. The summed E-state index contributed by atoms with van der Waals surface area (Å²) < 4.78 is 2.03. The summed E-state index contributed by atoms with van der Waals surface area (Å²) in [6.45, 7) is 2.42. The van der Waals surface area contributed by atoms with E-state index in [9.17, 15) is 4.79 Å². The molecule has 5 heteroatoms. The molecule has 0 aliphatic rings. The van der Waals surface area contributed by atoms with Crippen molar-refractivity contribution < 1.29 is 4.79 Å². The average Bonchev–Trinajstić information content (AvgIpc) is 3.23. The molecule has 0 aliphatic heterocycles. The summed E-state index contributed by atoms with van der Waals surface area (Å²) in [5.41, 5.74) is 4.01. The van der Waals surface area contributed by atoms with Crippen molar-refractivity contribution in [2.24, 2.45) is 0 Å². The van der Waals surface area contributed by atoms with Gasteiger partial charge >= 0.3 is 0 Å². The van der Waals surface area contributed by atoms with Crippen LogP contribution < -0.4 is 5.32 Å². The van der Waals surface area contributed by atoms with Crippen LogP contribution >= 0.6 is 11.8 Å². The summed E-state index contributed by atoms with van der Waals surface area (Å²) in [7, 11) is 0. The lowest BCUT2D eigenvalue weighted by atomic mass is 10.1. The van der Waals surface area contributed by atoms with Gasteiger partial charge in [-0.05, 0) is 36.2 Å². The van der Waals surface area contributed by atoms with Crippen LogP contribution in [-0.4, -0.2) is 15.5 Å². The van der Waals surface area contributed by atoms with Crippen molar-refractivity contribution in [2.45, 2.75) is 24.1 Å². The van der Waals surface area contributed by atoms with Gasteiger partial charge in [0.1, 0.15) is 5.82 Å². The van der Waals surface area contributed by atoms with E-state index in [1.165, 1.54) is 5.56 Å². The van der Waals surface area contributed by atoms with E-state index in [1.807, 2.05) is 84.4 Å². The summed E-state index contributed by atoms with van der Waals surface area (Å²) in [6.07, 6.45) is 3.72. The molecule has 1 N–H and O–H groups in total. The summed E-state index contributed by atoms with van der Waals surface area (Å²) >= 11 is 1.68. The van der Waals surface area contributed by atoms with Crippen molar-refractivity contribution in [3.05, 3.63) is 114 Å². The van der Waals surface area contributed by atoms with E-state index in [0.717, 1.165) is 27.7 Å². The third-order valence-corrected chi connectivity index (χ3v) is 6.03. The Kier molecular flexibility index (Phi) is 6.30. The van der Waals surface area contributed by atoms with E-state index in [0.29, 0.717) is 12.1 Å². The summed E-state index contributed by atoms with van der Waals surface area (Å²) in [4.78, 5) is 18.3. The molecule has 4 rings (SSSR count). The number of benzene rings is 3. The van der Waals surface area contributed by atoms with Gasteiger partial charge in [-0.25, -0.2) is 4.98 Å². The molecule has 0 radical (unpaired) electrons. The molecule has 1 aromatic heterocycles. The minimum atomic E-state index is -0.0664. The van der Waals surface area contributed by atoms with Crippen LogP contribution in [0.5, 0.6) is 0 Å². The third-order valence-electron chi connectivity index (χ3n) is 4.89. The zero-order chi connectivity index (χ0) is 20.8. The van der Waals surface area contributed by atoms with E-state index >= 15 is 0 Å². The Morgan fingerprint density at radius 1 is 0.967 bits per heavy atom. The number of rotatable bonds is 7. The zero-order valence-electron chi connectivity index (χ0n) is 16.8. The number of nitrogens with zero attached hydrogens (tertiary/aromatic N) is 2. The van der Waals surface area contributed by atoms with Gasteiger partial charge in [0.25, 0.3) is 5.91 Å². The molecule has 4 nitrogen and oxygen atoms in total. The van der Waals surface area contributed by atoms with Crippen LogP contribution in [0.4, 0.5) is 0 Å². The fourth-order valence-electron chi connectivity index (χ4n) is 3.31. The molecule has 0 spiro atoms. The topological polar surface area (TPSA) is 46.9 Å². The van der Waals surface area contributed by atoms with Gasteiger partial charge < -0.3 is 9.88 Å². The molecule has 1 amide bonds. The molecular weight excluding hydrogens is 390 g/mol. The van der Waals surface area contributed by atoms with Crippen molar-refractivity contribution >= 4 is 17.7 Å². The maximum Gasteiger partial charge on any atom is 0.252 e. The van der Waals surface area contributed by atoms with E-state index in [2.05, 4.69) is 22.4 Å². The van der Waals surface area contributed by atoms with Crippen LogP contribution in [0.3, 0.4) is 0 Å². The molecule has 0 unspecified atom stereocenters. The van der Waals surface area contributed by atoms with Crippen LogP contribution in [-0.2, 0) is 12.3 Å². The van der Waals surface area contributed by atoms with Gasteiger partial charge in [0.2, 0.25) is 0 Å². The molecule has 0 atom stereocenters. The van der Waals surface area contributed by atoms with E-state index in [1.54, 1.807) is 18.0 Å². The minimum absolute atomic E-state index is 0.0664. The molecule has 0 bridgehead atoms. The number of hydrogen-bond acceptors (Lipinski definition) is 3. The highest BCUT2D eigenvalue weighted by molar-refractivity contribution is 7.98. The van der Waals surface area contributed by atoms with Gasteiger partial charge in [-0.2, -0.15) is 0 Å². The van der Waals surface area contributed by atoms with Crippen molar-refractivity contribution in [1.82, 2.24) is 14.9 Å². The van der Waals surface area contributed by atoms with Gasteiger partial charge in [-0.1, -0.05) is 60.7 Å². The first-order valence-electron chi connectivity index (χ1n) is 9.84. The molecule has 3 aromatic carbocycles. The minimum Gasteiger partial charge on any atom is -0.348 e. The molecule has 0 fully saturated rings. The van der Waals surface area contributed by atoms with E-state index in [-0.39, 0.29) is 5.91 Å². The standard InChI is InChI=1S/C25H23N3OS/c1-19-26-15-16-28(19)23-13-7-5-11-21(23)17-27-25(29)22-12-6-8-14-24(22)30-18-20-9-3-2-4-10-20/h2-16H,17-18H2,1H3,(H,27,29). The number of aryl methyl sites for hydroxylation is 1. The smallest absolute Gasteiger partial charge is 0.252 e. The van der Waals surface area contributed by atoms with Crippen LogP contribution in [0.15, 0.2) is 96.2 Å². The second kappa shape index (κ2) is 9.46. The summed E-state index contributed by atoms with van der Waals surface area (Å²) in [5, 5.41) is 3.09. The highest BCUT2D eigenvalue weighted by Crippen LogP contribution is 2.26. The highest BCUT2D eigenvalue weighted by Gasteiger charge is 2.13. The average molecular weight is 414 g/mol. The molecule has 0 saturated carbocycles. The van der Waals surface area contributed by atoms with Crippen molar-refractivity contribution in [2.75, 3.05) is 0 Å². The SMILES string of the molecule is Cc1nccn1-c1ccccc1CNC(=O)c1ccccc1SCc1ccccc1. The molecule has 0 saturated heterocycles. The maximum atomic E-state index is 13.0. The number of carbonyl (C=O) groups excluding carboxylic acids is 1. The number of aromatic nitrogens is 2. The predicted molar refractivity (Wildman–Crippen MR) is 122 cm³/mol. The first-order chi connectivity index (χ1) is 14.7. The monoisotopic (exact) mass is 413 g/mol. The first kappa shape index (κ1) is 20.0. The molecular formula is C25H23N3OS. The molecule has 150 valence electrons. The maximum absolute atomic E-state index is 13.0. The lowest BCUT2D eigenvalue weighted by Crippen LogP contribution is -2.24. The number of hydrogen-bond donors (Lipinski definition) is 1. The first-order valence-corrected chi connectivity index (χ1v) is 10.8. The Morgan fingerprint density at radius 3 is 2.50 bits per heavy atom. The Labute approximate surface area is 181 Å². The van der Waals surface area contributed by atoms with Gasteiger partial charge in [0.15, 0.2) is 0 Å². The Morgan fingerprint density at radius 2 is 1.70 bits per heavy atom. The van der Waals surface area contributed by atoms with Crippen LogP contribution in [0, 0.1) is 6.92 Å². The van der Waals surface area contributed by atoms with Gasteiger partial charge in [-0.3, -0.25) is 4.79 Å². The third kappa shape index (κ3) is 4.63. The van der Waals surface area contributed by atoms with Gasteiger partial charge in [-0.15, -0.1) is 11.8 Å². The lowest BCUT2D eigenvalue weighted by molar-refractivity contribution is 0.0948. The lowest BCUT2D eigenvalue weighted by Gasteiger charge is -2.14. The Balaban J connectivity index is 1.48. The van der Waals surface area contributed by atoms with Crippen LogP contribution in [0.1, 0.15) is 27.3 Å². The van der Waals surface area contributed by atoms with Crippen molar-refractivity contribution in [3.63, 3.8) is 0 Å². The van der Waals surface area contributed by atoms with Crippen molar-refractivity contribution in [3.8, 4) is 5.69 Å². The second-order valence-corrected chi connectivity index (χ2v) is 7.94. The van der Waals surface area contributed by atoms with Crippen LogP contribution in [0.25, 0.3) is 5.69 Å². The number of imidazole rings is 1. The molecule has 30 heavy (non-hydrogen) atoms. The number of nitrogens with one attached hydrogen (secondary N) is 1. The normalized spacial score (nSPS) is 10.7. The zero-order valence-corrected chi connectivity index (χ0v) is 17.6. The number of amides is 1. The van der Waals surface area contributed by atoms with Crippen molar-refractivity contribution in [1.29, 1.82) is 0 Å². The quantitative estimate of drug-likeness (QED) is 0.413. The van der Waals surface area contributed by atoms with E-state index in [4.69, 9.17) is 0 Å². The fourth-order valence-corrected chi connectivity index (χ4v) is 4.32. The van der Waals surface area contributed by atoms with Crippen LogP contribution in [0.2, 0.25) is 0 Å². The number of para-hydroxylation sites is 1. The Hall–Kier alpha value is -3.31. The number of thioether (sulfide) groups is 1. The van der Waals surface area contributed by atoms with E-state index < -0.39 is 0 Å². The van der Waals surface area contributed by atoms with Gasteiger partial charge in [0.05, 0.1) is 11.3 Å². The largest absolute Gasteiger partial charge is 0.348 e. The number of carbonyl (C=O) groups is 1. The predicted octanol–water partition coefficient (Wildman–Crippen LogP) is 5.40. The molecule has 4 aromatic rings. The summed E-state index contributed by atoms with van der Waals surface area (Å²) in [5.74, 6) is 1.67. The van der Waals surface area contributed by atoms with Gasteiger partial charge in [0, 0.05) is 29.6 Å².